The molecule has 0 radical (unpaired) electrons. The van der Waals surface area contributed by atoms with Crippen molar-refractivity contribution in [3.8, 4) is 0 Å². The minimum atomic E-state index is -0.408. The van der Waals surface area contributed by atoms with Crippen LogP contribution in [0.5, 0.6) is 0 Å². The number of hydrogen-bond donors (Lipinski definition) is 2. The van der Waals surface area contributed by atoms with Crippen molar-refractivity contribution in [1.29, 1.82) is 0 Å². The standard InChI is InChI=1S/C16H17N3O3/c20-13-8-9-15(22)19(18-13)10-14(21)17-16(12-6-7-12)11-4-2-1-3-5-11/h1-5,8-9,12,16H,6-7,10H2,(H,17,21)(H,18,20)/t16-/m0/s1. The number of aromatic nitrogens is 2. The highest BCUT2D eigenvalue weighted by Crippen LogP contribution is 2.40. The zero-order valence-corrected chi connectivity index (χ0v) is 12.0. The van der Waals surface area contributed by atoms with Crippen molar-refractivity contribution in [3.05, 3.63) is 68.7 Å². The van der Waals surface area contributed by atoms with Gasteiger partial charge in [-0.3, -0.25) is 19.5 Å². The van der Waals surface area contributed by atoms with Gasteiger partial charge in [-0.05, 0) is 24.3 Å². The van der Waals surface area contributed by atoms with E-state index in [-0.39, 0.29) is 18.5 Å². The SMILES string of the molecule is O=C(Cn1[nH]c(=O)ccc1=O)N[C@@H](c1ccccc1)C1CC1. The lowest BCUT2D eigenvalue weighted by Gasteiger charge is -2.19. The highest BCUT2D eigenvalue weighted by atomic mass is 16.2. The quantitative estimate of drug-likeness (QED) is 0.856. The van der Waals surface area contributed by atoms with Gasteiger partial charge in [0.05, 0.1) is 6.04 Å². The molecular weight excluding hydrogens is 282 g/mol. The first-order valence-electron chi connectivity index (χ1n) is 7.28. The van der Waals surface area contributed by atoms with E-state index in [0.29, 0.717) is 5.92 Å². The molecule has 1 aromatic heterocycles. The molecule has 1 saturated carbocycles. The predicted molar refractivity (Wildman–Crippen MR) is 81.4 cm³/mol. The van der Waals surface area contributed by atoms with Crippen molar-refractivity contribution >= 4 is 5.91 Å². The number of aromatic amines is 1. The molecule has 1 aromatic carbocycles. The van der Waals surface area contributed by atoms with Crippen LogP contribution in [0.15, 0.2) is 52.1 Å². The third kappa shape index (κ3) is 3.33. The van der Waals surface area contributed by atoms with E-state index in [1.54, 1.807) is 0 Å². The zero-order chi connectivity index (χ0) is 15.5. The molecule has 1 amide bonds. The van der Waals surface area contributed by atoms with Crippen LogP contribution in [0.25, 0.3) is 0 Å². The summed E-state index contributed by atoms with van der Waals surface area (Å²) in [5.74, 6) is 0.155. The van der Waals surface area contributed by atoms with Gasteiger partial charge >= 0.3 is 0 Å². The molecular formula is C16H17N3O3. The number of nitrogens with zero attached hydrogens (tertiary/aromatic N) is 1. The smallest absolute Gasteiger partial charge is 0.265 e. The summed E-state index contributed by atoms with van der Waals surface area (Å²) in [5.41, 5.74) is 0.249. The van der Waals surface area contributed by atoms with Gasteiger partial charge in [-0.15, -0.1) is 0 Å². The molecule has 1 fully saturated rings. The van der Waals surface area contributed by atoms with Gasteiger partial charge in [0.2, 0.25) is 5.91 Å². The number of rotatable bonds is 5. The van der Waals surface area contributed by atoms with Crippen LogP contribution in [0.1, 0.15) is 24.4 Å². The number of amides is 1. The molecule has 2 N–H and O–H groups in total. The van der Waals surface area contributed by atoms with E-state index >= 15 is 0 Å². The topological polar surface area (TPSA) is 84.0 Å². The Balaban J connectivity index is 1.73. The number of carbonyl (C=O) groups is 1. The molecule has 1 aliphatic rings. The molecule has 0 spiro atoms. The first-order valence-corrected chi connectivity index (χ1v) is 7.28. The maximum Gasteiger partial charge on any atom is 0.265 e. The van der Waals surface area contributed by atoms with E-state index in [4.69, 9.17) is 0 Å². The molecule has 6 heteroatoms. The normalized spacial score (nSPS) is 15.3. The summed E-state index contributed by atoms with van der Waals surface area (Å²) in [6.07, 6.45) is 2.17. The average molecular weight is 299 g/mol. The molecule has 0 saturated heterocycles. The fourth-order valence-electron chi connectivity index (χ4n) is 2.51. The molecule has 114 valence electrons. The van der Waals surface area contributed by atoms with Crippen molar-refractivity contribution < 1.29 is 4.79 Å². The number of benzene rings is 1. The maximum atomic E-state index is 12.2. The third-order valence-electron chi connectivity index (χ3n) is 3.76. The fraction of sp³-hybridized carbons (Fsp3) is 0.312. The molecule has 0 unspecified atom stereocenters. The Morgan fingerprint density at radius 3 is 2.59 bits per heavy atom. The van der Waals surface area contributed by atoms with Gasteiger partial charge in [0.25, 0.3) is 11.1 Å². The first kappa shape index (κ1) is 14.3. The fourth-order valence-corrected chi connectivity index (χ4v) is 2.51. The lowest BCUT2D eigenvalue weighted by Crippen LogP contribution is -2.38. The van der Waals surface area contributed by atoms with E-state index < -0.39 is 11.1 Å². The average Bonchev–Trinajstić information content (AvgIpc) is 3.34. The Kier molecular flexibility index (Phi) is 3.91. The molecule has 0 bridgehead atoms. The van der Waals surface area contributed by atoms with Crippen molar-refractivity contribution in [2.75, 3.05) is 0 Å². The molecule has 1 aliphatic carbocycles. The van der Waals surface area contributed by atoms with Crippen molar-refractivity contribution in [1.82, 2.24) is 15.1 Å². The predicted octanol–water partition coefficient (Wildman–Crippen LogP) is 0.804. The van der Waals surface area contributed by atoms with Crippen LogP contribution in [0.4, 0.5) is 0 Å². The van der Waals surface area contributed by atoms with Crippen molar-refractivity contribution in [2.24, 2.45) is 5.92 Å². The number of carbonyl (C=O) groups excluding carboxylic acids is 1. The first-order chi connectivity index (χ1) is 10.6. The van der Waals surface area contributed by atoms with Gasteiger partial charge in [-0.1, -0.05) is 30.3 Å². The van der Waals surface area contributed by atoms with Crippen molar-refractivity contribution in [2.45, 2.75) is 25.4 Å². The van der Waals surface area contributed by atoms with E-state index in [0.717, 1.165) is 35.2 Å². The van der Waals surface area contributed by atoms with Crippen LogP contribution in [0.3, 0.4) is 0 Å². The Morgan fingerprint density at radius 2 is 1.91 bits per heavy atom. The number of hydrogen-bond acceptors (Lipinski definition) is 3. The van der Waals surface area contributed by atoms with E-state index in [9.17, 15) is 14.4 Å². The lowest BCUT2D eigenvalue weighted by molar-refractivity contribution is -0.122. The highest BCUT2D eigenvalue weighted by Gasteiger charge is 2.33. The Bertz CT molecular complexity index is 775. The van der Waals surface area contributed by atoms with Gasteiger partial charge in [0.1, 0.15) is 6.54 Å². The largest absolute Gasteiger partial charge is 0.347 e. The summed E-state index contributed by atoms with van der Waals surface area (Å²) in [6.45, 7) is -0.190. The van der Waals surface area contributed by atoms with Crippen LogP contribution >= 0.6 is 0 Å². The van der Waals surface area contributed by atoms with Gasteiger partial charge in [0.15, 0.2) is 0 Å². The monoisotopic (exact) mass is 299 g/mol. The van der Waals surface area contributed by atoms with E-state index in [1.165, 1.54) is 0 Å². The minimum absolute atomic E-state index is 0.0418. The molecule has 6 nitrogen and oxygen atoms in total. The van der Waals surface area contributed by atoms with Crippen LogP contribution in [0.2, 0.25) is 0 Å². The molecule has 0 aliphatic heterocycles. The van der Waals surface area contributed by atoms with Crippen LogP contribution < -0.4 is 16.4 Å². The van der Waals surface area contributed by atoms with Crippen LogP contribution in [-0.2, 0) is 11.3 Å². The summed E-state index contributed by atoms with van der Waals surface area (Å²) >= 11 is 0. The summed E-state index contributed by atoms with van der Waals surface area (Å²) in [5, 5.41) is 5.32. The second-order valence-electron chi connectivity index (χ2n) is 5.53. The second kappa shape index (κ2) is 6.01. The molecule has 1 atom stereocenters. The van der Waals surface area contributed by atoms with Gasteiger partial charge in [-0.2, -0.15) is 0 Å². The minimum Gasteiger partial charge on any atom is -0.347 e. The Labute approximate surface area is 126 Å². The van der Waals surface area contributed by atoms with Crippen LogP contribution in [-0.4, -0.2) is 15.7 Å². The lowest BCUT2D eigenvalue weighted by atomic mass is 10.0. The summed E-state index contributed by atoms with van der Waals surface area (Å²) in [7, 11) is 0. The molecule has 22 heavy (non-hydrogen) atoms. The zero-order valence-electron chi connectivity index (χ0n) is 12.0. The number of nitrogens with one attached hydrogen (secondary N) is 2. The van der Waals surface area contributed by atoms with Crippen molar-refractivity contribution in [3.63, 3.8) is 0 Å². The molecule has 2 aromatic rings. The van der Waals surface area contributed by atoms with Crippen LogP contribution in [0, 0.1) is 5.92 Å². The Hall–Kier alpha value is -2.63. The highest BCUT2D eigenvalue weighted by molar-refractivity contribution is 5.76. The van der Waals surface area contributed by atoms with Gasteiger partial charge in [0, 0.05) is 12.1 Å². The van der Waals surface area contributed by atoms with E-state index in [1.807, 2.05) is 30.3 Å². The summed E-state index contributed by atoms with van der Waals surface area (Å²) in [6, 6.07) is 12.0. The maximum absolute atomic E-state index is 12.2. The Morgan fingerprint density at radius 1 is 1.18 bits per heavy atom. The number of H-pyrrole nitrogens is 1. The second-order valence-corrected chi connectivity index (χ2v) is 5.53. The summed E-state index contributed by atoms with van der Waals surface area (Å²) < 4.78 is 1.02. The van der Waals surface area contributed by atoms with Gasteiger partial charge in [-0.25, -0.2) is 4.68 Å². The van der Waals surface area contributed by atoms with Gasteiger partial charge < -0.3 is 5.32 Å². The third-order valence-corrected chi connectivity index (χ3v) is 3.76. The summed E-state index contributed by atoms with van der Waals surface area (Å²) in [4.78, 5) is 35.1. The molecule has 1 heterocycles. The molecule has 3 rings (SSSR count). The van der Waals surface area contributed by atoms with E-state index in [2.05, 4.69) is 10.4 Å².